The quantitative estimate of drug-likeness (QED) is 0.645. The predicted octanol–water partition coefficient (Wildman–Crippen LogP) is 3.23. The van der Waals surface area contributed by atoms with Gasteiger partial charge < -0.3 is 0 Å². The molecular formula is C18H24N2. The van der Waals surface area contributed by atoms with Crippen LogP contribution in [0.15, 0.2) is 42.5 Å². The van der Waals surface area contributed by atoms with Crippen LogP contribution in [0, 0.1) is 20.8 Å². The Morgan fingerprint density at radius 3 is 1.90 bits per heavy atom. The smallest absolute Gasteiger partial charge is 0.0291 e. The minimum atomic E-state index is 0.263. The van der Waals surface area contributed by atoms with Crippen LogP contribution in [0.3, 0.4) is 0 Å². The van der Waals surface area contributed by atoms with Gasteiger partial charge in [-0.15, -0.1) is 0 Å². The summed E-state index contributed by atoms with van der Waals surface area (Å²) in [6.45, 7) is 6.39. The van der Waals surface area contributed by atoms with E-state index in [1.54, 1.807) is 0 Å². The summed E-state index contributed by atoms with van der Waals surface area (Å²) in [5.74, 6) is 5.72. The summed E-state index contributed by atoms with van der Waals surface area (Å²) in [4.78, 5) is 0. The Bertz CT molecular complexity index is 538. The van der Waals surface area contributed by atoms with Crippen LogP contribution in [-0.2, 0) is 12.8 Å². The Hall–Kier alpha value is -1.64. The number of aryl methyl sites for hydroxylation is 3. The van der Waals surface area contributed by atoms with Crippen molar-refractivity contribution in [2.75, 3.05) is 0 Å². The highest BCUT2D eigenvalue weighted by atomic mass is 15.2. The Morgan fingerprint density at radius 1 is 0.800 bits per heavy atom. The molecule has 0 aromatic heterocycles. The second-order valence-electron chi connectivity index (χ2n) is 5.75. The first kappa shape index (κ1) is 14.8. The maximum Gasteiger partial charge on any atom is 0.0291 e. The fourth-order valence-corrected chi connectivity index (χ4v) is 2.67. The molecule has 20 heavy (non-hydrogen) atoms. The van der Waals surface area contributed by atoms with Gasteiger partial charge in [-0.2, -0.15) is 0 Å². The molecule has 2 aromatic carbocycles. The molecule has 0 saturated carbocycles. The highest BCUT2D eigenvalue weighted by molar-refractivity contribution is 5.29. The standard InChI is InChI=1S/C18H24N2/c1-13-4-6-16(7-5-13)11-18(20-19)12-17-9-14(2)8-15(3)10-17/h4-10,18,20H,11-12,19H2,1-3H3. The Kier molecular flexibility index (Phi) is 4.94. The van der Waals surface area contributed by atoms with Gasteiger partial charge in [0.15, 0.2) is 0 Å². The first-order chi connectivity index (χ1) is 9.56. The van der Waals surface area contributed by atoms with Crippen molar-refractivity contribution in [2.24, 2.45) is 5.84 Å². The number of hydrazine groups is 1. The van der Waals surface area contributed by atoms with Crippen molar-refractivity contribution in [2.45, 2.75) is 39.7 Å². The molecule has 0 amide bonds. The van der Waals surface area contributed by atoms with Gasteiger partial charge in [-0.25, -0.2) is 0 Å². The zero-order chi connectivity index (χ0) is 14.5. The van der Waals surface area contributed by atoms with Crippen LogP contribution in [0.25, 0.3) is 0 Å². The lowest BCUT2D eigenvalue weighted by Gasteiger charge is -2.17. The number of nitrogens with one attached hydrogen (secondary N) is 1. The maximum atomic E-state index is 5.72. The van der Waals surface area contributed by atoms with Crippen LogP contribution in [0.1, 0.15) is 27.8 Å². The van der Waals surface area contributed by atoms with Gasteiger partial charge in [0.1, 0.15) is 0 Å². The van der Waals surface area contributed by atoms with E-state index in [0.29, 0.717) is 0 Å². The predicted molar refractivity (Wildman–Crippen MR) is 85.6 cm³/mol. The van der Waals surface area contributed by atoms with E-state index >= 15 is 0 Å². The molecule has 2 aromatic rings. The maximum absolute atomic E-state index is 5.72. The molecule has 0 heterocycles. The van der Waals surface area contributed by atoms with Crippen LogP contribution in [-0.4, -0.2) is 6.04 Å². The molecule has 2 heteroatoms. The molecule has 0 aliphatic heterocycles. The minimum Gasteiger partial charge on any atom is -0.271 e. The number of benzene rings is 2. The van der Waals surface area contributed by atoms with Crippen molar-refractivity contribution in [3.8, 4) is 0 Å². The van der Waals surface area contributed by atoms with Crippen molar-refractivity contribution in [3.63, 3.8) is 0 Å². The monoisotopic (exact) mass is 268 g/mol. The number of nitrogens with two attached hydrogens (primary N) is 1. The van der Waals surface area contributed by atoms with Crippen molar-refractivity contribution in [3.05, 3.63) is 70.3 Å². The van der Waals surface area contributed by atoms with E-state index < -0.39 is 0 Å². The highest BCUT2D eigenvalue weighted by Crippen LogP contribution is 2.13. The first-order valence-corrected chi connectivity index (χ1v) is 7.15. The minimum absolute atomic E-state index is 0.263. The molecule has 1 atom stereocenters. The van der Waals surface area contributed by atoms with Crippen molar-refractivity contribution < 1.29 is 0 Å². The van der Waals surface area contributed by atoms with Crippen molar-refractivity contribution in [1.82, 2.24) is 5.43 Å². The lowest BCUT2D eigenvalue weighted by Crippen LogP contribution is -2.38. The van der Waals surface area contributed by atoms with E-state index in [4.69, 9.17) is 5.84 Å². The van der Waals surface area contributed by atoms with Gasteiger partial charge in [-0.05, 0) is 44.7 Å². The molecule has 0 fully saturated rings. The van der Waals surface area contributed by atoms with Crippen LogP contribution in [0.4, 0.5) is 0 Å². The fraction of sp³-hybridized carbons (Fsp3) is 0.333. The summed E-state index contributed by atoms with van der Waals surface area (Å²) >= 11 is 0. The van der Waals surface area contributed by atoms with Gasteiger partial charge in [-0.1, -0.05) is 59.2 Å². The summed E-state index contributed by atoms with van der Waals surface area (Å²) in [6, 6.07) is 15.6. The highest BCUT2D eigenvalue weighted by Gasteiger charge is 2.09. The van der Waals surface area contributed by atoms with Gasteiger partial charge in [-0.3, -0.25) is 11.3 Å². The lowest BCUT2D eigenvalue weighted by molar-refractivity contribution is 0.522. The summed E-state index contributed by atoms with van der Waals surface area (Å²) in [6.07, 6.45) is 1.90. The average Bonchev–Trinajstić information content (AvgIpc) is 2.39. The Morgan fingerprint density at radius 2 is 1.35 bits per heavy atom. The van der Waals surface area contributed by atoms with Crippen LogP contribution in [0.2, 0.25) is 0 Å². The van der Waals surface area contributed by atoms with Crippen LogP contribution in [0.5, 0.6) is 0 Å². The Labute approximate surface area is 122 Å². The van der Waals surface area contributed by atoms with Gasteiger partial charge in [0.05, 0.1) is 0 Å². The van der Waals surface area contributed by atoms with Gasteiger partial charge >= 0.3 is 0 Å². The molecule has 0 bridgehead atoms. The van der Waals surface area contributed by atoms with Crippen LogP contribution >= 0.6 is 0 Å². The van der Waals surface area contributed by atoms with Gasteiger partial charge in [0, 0.05) is 6.04 Å². The molecule has 2 nitrogen and oxygen atoms in total. The van der Waals surface area contributed by atoms with Crippen molar-refractivity contribution in [1.29, 1.82) is 0 Å². The molecule has 0 radical (unpaired) electrons. The molecule has 0 aliphatic carbocycles. The molecule has 3 N–H and O–H groups in total. The van der Waals surface area contributed by atoms with Crippen LogP contribution < -0.4 is 11.3 Å². The van der Waals surface area contributed by atoms with E-state index in [2.05, 4.69) is 68.7 Å². The molecule has 2 rings (SSSR count). The summed E-state index contributed by atoms with van der Waals surface area (Å²) in [5, 5.41) is 0. The van der Waals surface area contributed by atoms with E-state index in [1.807, 2.05) is 0 Å². The number of hydrogen-bond donors (Lipinski definition) is 2. The third-order valence-corrected chi connectivity index (χ3v) is 3.60. The third kappa shape index (κ3) is 4.19. The Balaban J connectivity index is 2.06. The van der Waals surface area contributed by atoms with E-state index in [-0.39, 0.29) is 6.04 Å². The second kappa shape index (κ2) is 6.69. The summed E-state index contributed by atoms with van der Waals surface area (Å²) < 4.78 is 0. The SMILES string of the molecule is Cc1ccc(CC(Cc2cc(C)cc(C)c2)NN)cc1. The number of hydrogen-bond acceptors (Lipinski definition) is 2. The summed E-state index contributed by atoms with van der Waals surface area (Å²) in [7, 11) is 0. The van der Waals surface area contributed by atoms with Gasteiger partial charge in [0.2, 0.25) is 0 Å². The van der Waals surface area contributed by atoms with E-state index in [1.165, 1.54) is 27.8 Å². The van der Waals surface area contributed by atoms with E-state index in [9.17, 15) is 0 Å². The lowest BCUT2D eigenvalue weighted by atomic mass is 9.97. The summed E-state index contributed by atoms with van der Waals surface area (Å²) in [5.41, 5.74) is 9.53. The molecule has 106 valence electrons. The molecular weight excluding hydrogens is 244 g/mol. The zero-order valence-corrected chi connectivity index (χ0v) is 12.6. The largest absolute Gasteiger partial charge is 0.271 e. The third-order valence-electron chi connectivity index (χ3n) is 3.60. The average molecular weight is 268 g/mol. The van der Waals surface area contributed by atoms with Gasteiger partial charge in [0.25, 0.3) is 0 Å². The fourth-order valence-electron chi connectivity index (χ4n) is 2.67. The second-order valence-corrected chi connectivity index (χ2v) is 5.75. The first-order valence-electron chi connectivity index (χ1n) is 7.15. The van der Waals surface area contributed by atoms with E-state index in [0.717, 1.165) is 12.8 Å². The number of rotatable bonds is 5. The molecule has 0 aliphatic rings. The molecule has 1 unspecified atom stereocenters. The topological polar surface area (TPSA) is 38.0 Å². The molecule has 0 saturated heterocycles. The normalized spacial score (nSPS) is 12.4. The molecule has 0 spiro atoms. The zero-order valence-electron chi connectivity index (χ0n) is 12.6. The van der Waals surface area contributed by atoms with Crippen molar-refractivity contribution >= 4 is 0 Å².